The molecule has 0 saturated carbocycles. The maximum Gasteiger partial charge on any atom is 0.167 e. The van der Waals surface area contributed by atoms with Crippen LogP contribution in [-0.4, -0.2) is 21.3 Å². The van der Waals surface area contributed by atoms with Crippen LogP contribution < -0.4 is 14.2 Å². The van der Waals surface area contributed by atoms with Crippen LogP contribution in [0, 0.1) is 19.8 Å². The molecule has 0 unspecified atom stereocenters. The molecule has 0 aromatic heterocycles. The van der Waals surface area contributed by atoms with E-state index in [1.54, 1.807) is 21.3 Å². The van der Waals surface area contributed by atoms with Crippen molar-refractivity contribution in [2.45, 2.75) is 39.4 Å². The summed E-state index contributed by atoms with van der Waals surface area (Å²) in [6.07, 6.45) is 4.15. The van der Waals surface area contributed by atoms with Crippen LogP contribution in [0.5, 0.6) is 17.2 Å². The Bertz CT molecular complexity index is 856. The van der Waals surface area contributed by atoms with E-state index in [2.05, 4.69) is 26.5 Å². The summed E-state index contributed by atoms with van der Waals surface area (Å²) in [7, 11) is 5.06. The molecule has 150 valence electrons. The fourth-order valence-corrected chi connectivity index (χ4v) is 4.26. The van der Waals surface area contributed by atoms with E-state index in [4.69, 9.17) is 18.9 Å². The number of methoxy groups -OCH3 is 3. The lowest BCUT2D eigenvalue weighted by Crippen LogP contribution is -2.23. The first-order chi connectivity index (χ1) is 13.5. The molecule has 1 aliphatic carbocycles. The van der Waals surface area contributed by atoms with Crippen LogP contribution in [0.25, 0.3) is 0 Å². The molecule has 4 nitrogen and oxygen atoms in total. The molecule has 4 heteroatoms. The van der Waals surface area contributed by atoms with Gasteiger partial charge < -0.3 is 18.9 Å². The number of ether oxygens (including phenoxy) is 4. The van der Waals surface area contributed by atoms with Crippen molar-refractivity contribution < 1.29 is 18.9 Å². The van der Waals surface area contributed by atoms with Gasteiger partial charge in [-0.2, -0.15) is 0 Å². The average molecular weight is 383 g/mol. The minimum absolute atomic E-state index is 0.0230. The van der Waals surface area contributed by atoms with Gasteiger partial charge in [-0.3, -0.25) is 0 Å². The fraction of sp³-hybridized carbons (Fsp3) is 0.417. The predicted molar refractivity (Wildman–Crippen MR) is 112 cm³/mol. The molecule has 0 fully saturated rings. The number of aryl methyl sites for hydroxylation is 1. The highest BCUT2D eigenvalue weighted by molar-refractivity contribution is 5.52. The first kappa shape index (κ1) is 20.3. The lowest BCUT2D eigenvalue weighted by atomic mass is 9.77. The summed E-state index contributed by atoms with van der Waals surface area (Å²) in [6, 6.07) is 7.96. The van der Waals surface area contributed by atoms with E-state index in [1.165, 1.54) is 16.7 Å². The van der Waals surface area contributed by atoms with E-state index in [1.807, 2.05) is 24.3 Å². The SMILES string of the molecule is C=C[C@@H]1CCc2c(C)cc(OCc3cccc(OC)c3OC)c(C)c2[C@@H]1OC. The number of rotatable bonds is 7. The van der Waals surface area contributed by atoms with Gasteiger partial charge in [0.25, 0.3) is 0 Å². The Hall–Kier alpha value is -2.46. The van der Waals surface area contributed by atoms with Crippen molar-refractivity contribution in [2.75, 3.05) is 21.3 Å². The van der Waals surface area contributed by atoms with Crippen molar-refractivity contribution in [2.24, 2.45) is 5.92 Å². The van der Waals surface area contributed by atoms with E-state index in [-0.39, 0.29) is 6.10 Å². The molecular weight excluding hydrogens is 352 g/mol. The molecule has 1 aliphatic rings. The molecule has 3 rings (SSSR count). The van der Waals surface area contributed by atoms with Crippen LogP contribution in [0.15, 0.2) is 36.9 Å². The predicted octanol–water partition coefficient (Wildman–Crippen LogP) is 5.34. The van der Waals surface area contributed by atoms with Crippen LogP contribution in [0.3, 0.4) is 0 Å². The van der Waals surface area contributed by atoms with Crippen molar-refractivity contribution in [1.82, 2.24) is 0 Å². The van der Waals surface area contributed by atoms with Crippen LogP contribution in [-0.2, 0) is 17.8 Å². The third kappa shape index (κ3) is 3.61. The maximum absolute atomic E-state index is 6.26. The Morgan fingerprint density at radius 1 is 1.11 bits per heavy atom. The Balaban J connectivity index is 1.95. The van der Waals surface area contributed by atoms with E-state index in [9.17, 15) is 0 Å². The van der Waals surface area contributed by atoms with Gasteiger partial charge in [0, 0.05) is 18.6 Å². The van der Waals surface area contributed by atoms with Gasteiger partial charge in [0.1, 0.15) is 12.4 Å². The van der Waals surface area contributed by atoms with Gasteiger partial charge in [-0.05, 0) is 61.1 Å². The quantitative estimate of drug-likeness (QED) is 0.606. The molecule has 0 heterocycles. The Morgan fingerprint density at radius 2 is 1.89 bits per heavy atom. The smallest absolute Gasteiger partial charge is 0.167 e. The second kappa shape index (κ2) is 8.70. The van der Waals surface area contributed by atoms with Crippen molar-refractivity contribution in [1.29, 1.82) is 0 Å². The molecule has 0 radical (unpaired) electrons. The van der Waals surface area contributed by atoms with Gasteiger partial charge in [-0.15, -0.1) is 6.58 Å². The summed E-state index contributed by atoms with van der Waals surface area (Å²) in [5.74, 6) is 2.62. The van der Waals surface area contributed by atoms with Gasteiger partial charge in [-0.25, -0.2) is 0 Å². The zero-order valence-corrected chi connectivity index (χ0v) is 17.5. The zero-order chi connectivity index (χ0) is 20.3. The topological polar surface area (TPSA) is 36.9 Å². The number of fused-ring (bicyclic) bond motifs is 1. The lowest BCUT2D eigenvalue weighted by molar-refractivity contribution is 0.0578. The first-order valence-corrected chi connectivity index (χ1v) is 9.66. The summed E-state index contributed by atoms with van der Waals surface area (Å²) in [5.41, 5.74) is 5.97. The summed E-state index contributed by atoms with van der Waals surface area (Å²) in [5, 5.41) is 0. The maximum atomic E-state index is 6.26. The largest absolute Gasteiger partial charge is 0.493 e. The average Bonchev–Trinajstić information content (AvgIpc) is 2.73. The third-order valence-corrected chi connectivity index (χ3v) is 5.75. The van der Waals surface area contributed by atoms with Crippen LogP contribution in [0.1, 0.15) is 40.3 Å². The van der Waals surface area contributed by atoms with Crippen LogP contribution in [0.4, 0.5) is 0 Å². The van der Waals surface area contributed by atoms with Gasteiger partial charge in [0.15, 0.2) is 11.5 Å². The van der Waals surface area contributed by atoms with Crippen molar-refractivity contribution >= 4 is 0 Å². The number of hydrogen-bond acceptors (Lipinski definition) is 4. The van der Waals surface area contributed by atoms with E-state index >= 15 is 0 Å². The van der Waals surface area contributed by atoms with Gasteiger partial charge in [0.2, 0.25) is 0 Å². The van der Waals surface area contributed by atoms with E-state index < -0.39 is 0 Å². The van der Waals surface area contributed by atoms with E-state index in [0.29, 0.717) is 24.0 Å². The minimum Gasteiger partial charge on any atom is -0.493 e. The lowest BCUT2D eigenvalue weighted by Gasteiger charge is -2.34. The Morgan fingerprint density at radius 3 is 2.54 bits per heavy atom. The van der Waals surface area contributed by atoms with Crippen molar-refractivity contribution in [3.63, 3.8) is 0 Å². The molecule has 28 heavy (non-hydrogen) atoms. The Kier molecular flexibility index (Phi) is 6.30. The van der Waals surface area contributed by atoms with Crippen LogP contribution in [0.2, 0.25) is 0 Å². The summed E-state index contributed by atoms with van der Waals surface area (Å²) >= 11 is 0. The highest BCUT2D eigenvalue weighted by Gasteiger charge is 2.31. The van der Waals surface area contributed by atoms with Crippen molar-refractivity contribution in [3.05, 3.63) is 64.7 Å². The third-order valence-electron chi connectivity index (χ3n) is 5.75. The van der Waals surface area contributed by atoms with E-state index in [0.717, 1.165) is 29.7 Å². The standard InChI is InChI=1S/C24H30O4/c1-7-17-11-12-19-15(2)13-21(16(3)22(19)24(17)27-6)28-14-18-9-8-10-20(25-4)23(18)26-5/h7-10,13,17,24H,1,11-12,14H2,2-6H3/t17-,24-/m1/s1. The molecule has 0 aliphatic heterocycles. The molecule has 0 amide bonds. The molecule has 2 atom stereocenters. The summed E-state index contributed by atoms with van der Waals surface area (Å²) in [4.78, 5) is 0. The highest BCUT2D eigenvalue weighted by Crippen LogP contribution is 2.43. The first-order valence-electron chi connectivity index (χ1n) is 9.66. The normalized spacial score (nSPS) is 18.3. The van der Waals surface area contributed by atoms with Gasteiger partial charge in [0.05, 0.1) is 20.3 Å². The fourth-order valence-electron chi connectivity index (χ4n) is 4.26. The Labute approximate surface area is 168 Å². The molecule has 0 spiro atoms. The molecular formula is C24H30O4. The highest BCUT2D eigenvalue weighted by atomic mass is 16.5. The number of hydrogen-bond donors (Lipinski definition) is 0. The number of para-hydroxylation sites is 1. The van der Waals surface area contributed by atoms with Crippen molar-refractivity contribution in [3.8, 4) is 17.2 Å². The van der Waals surface area contributed by atoms with Gasteiger partial charge in [-0.1, -0.05) is 18.2 Å². The van der Waals surface area contributed by atoms with Crippen LogP contribution >= 0.6 is 0 Å². The zero-order valence-electron chi connectivity index (χ0n) is 17.5. The second-order valence-electron chi connectivity index (χ2n) is 7.24. The number of benzene rings is 2. The summed E-state index contributed by atoms with van der Waals surface area (Å²) < 4.78 is 23.1. The molecule has 2 aromatic carbocycles. The van der Waals surface area contributed by atoms with Gasteiger partial charge >= 0.3 is 0 Å². The minimum atomic E-state index is 0.0230. The molecule has 0 saturated heterocycles. The second-order valence-corrected chi connectivity index (χ2v) is 7.24. The summed E-state index contributed by atoms with van der Waals surface area (Å²) in [6.45, 7) is 8.68. The monoisotopic (exact) mass is 382 g/mol. The molecule has 0 N–H and O–H groups in total. The molecule has 2 aromatic rings. The molecule has 0 bridgehead atoms.